The Bertz CT molecular complexity index is 940. The van der Waals surface area contributed by atoms with Gasteiger partial charge >= 0.3 is 0 Å². The van der Waals surface area contributed by atoms with Gasteiger partial charge in [-0.05, 0) is 60.7 Å². The fourth-order valence-electron chi connectivity index (χ4n) is 2.90. The maximum Gasteiger partial charge on any atom is 0.0947 e. The van der Waals surface area contributed by atoms with Gasteiger partial charge in [0.05, 0.1) is 11.2 Å². The highest BCUT2D eigenvalue weighted by Crippen LogP contribution is 2.34. The van der Waals surface area contributed by atoms with Gasteiger partial charge < -0.3 is 4.72 Å². The lowest BCUT2D eigenvalue weighted by atomic mass is 9.99. The molecular weight excluding hydrogens is 312 g/mol. The summed E-state index contributed by atoms with van der Waals surface area (Å²) in [5.41, 5.74) is 5.96. The molecule has 4 rings (SSSR count). The number of aryl methyl sites for hydroxylation is 1. The molecule has 2 nitrogen and oxygen atoms in total. The van der Waals surface area contributed by atoms with Crippen LogP contribution in [0.1, 0.15) is 17.5 Å². The van der Waals surface area contributed by atoms with E-state index in [1.165, 1.54) is 27.0 Å². The molecule has 0 amide bonds. The quantitative estimate of drug-likeness (QED) is 0.593. The molecule has 1 aliphatic carbocycles. The lowest BCUT2D eigenvalue weighted by Gasteiger charge is -2.12. The SMILES string of the molecule is Cc1ccc(SNc2ccc(C3=CC=CC3)c3cccnc23)cc1. The van der Waals surface area contributed by atoms with E-state index >= 15 is 0 Å². The van der Waals surface area contributed by atoms with Gasteiger partial charge in [-0.2, -0.15) is 0 Å². The largest absolute Gasteiger partial charge is 0.324 e. The zero-order chi connectivity index (χ0) is 16.4. The highest BCUT2D eigenvalue weighted by atomic mass is 32.2. The van der Waals surface area contributed by atoms with E-state index in [9.17, 15) is 0 Å². The monoisotopic (exact) mass is 330 g/mol. The highest BCUT2D eigenvalue weighted by Gasteiger charge is 2.11. The summed E-state index contributed by atoms with van der Waals surface area (Å²) < 4.78 is 3.46. The molecule has 0 saturated carbocycles. The molecule has 1 N–H and O–H groups in total. The Balaban J connectivity index is 1.66. The van der Waals surface area contributed by atoms with E-state index in [2.05, 4.69) is 77.3 Å². The Labute approximate surface area is 146 Å². The number of hydrogen-bond acceptors (Lipinski definition) is 3. The topological polar surface area (TPSA) is 24.9 Å². The first-order valence-corrected chi connectivity index (χ1v) is 8.86. The van der Waals surface area contributed by atoms with Crippen LogP contribution in [0.15, 0.2) is 77.9 Å². The maximum atomic E-state index is 4.62. The number of nitrogens with zero attached hydrogens (tertiary/aromatic N) is 1. The van der Waals surface area contributed by atoms with Gasteiger partial charge in [0, 0.05) is 16.5 Å². The number of anilines is 1. The van der Waals surface area contributed by atoms with Crippen LogP contribution in [-0.2, 0) is 0 Å². The van der Waals surface area contributed by atoms with E-state index in [1.807, 2.05) is 12.3 Å². The number of fused-ring (bicyclic) bond motifs is 1. The van der Waals surface area contributed by atoms with Crippen LogP contribution in [0.5, 0.6) is 0 Å². The van der Waals surface area contributed by atoms with Gasteiger partial charge in [0.25, 0.3) is 0 Å². The number of aromatic nitrogens is 1. The molecule has 0 saturated heterocycles. The van der Waals surface area contributed by atoms with Gasteiger partial charge in [0.2, 0.25) is 0 Å². The Morgan fingerprint density at radius 3 is 2.71 bits per heavy atom. The highest BCUT2D eigenvalue weighted by molar-refractivity contribution is 8.00. The van der Waals surface area contributed by atoms with Gasteiger partial charge in [-0.3, -0.25) is 4.98 Å². The van der Waals surface area contributed by atoms with E-state index in [-0.39, 0.29) is 0 Å². The molecular formula is C21H18N2S. The van der Waals surface area contributed by atoms with Crippen LogP contribution in [0.2, 0.25) is 0 Å². The Morgan fingerprint density at radius 2 is 1.92 bits per heavy atom. The molecule has 0 aliphatic heterocycles. The molecule has 0 radical (unpaired) electrons. The standard InChI is InChI=1S/C21H18N2S/c1-15-8-10-17(11-9-15)24-23-20-13-12-18(16-5-2-3-6-16)19-7-4-14-22-21(19)20/h2-5,7-14,23H,6H2,1H3. The van der Waals surface area contributed by atoms with Crippen LogP contribution in [0.25, 0.3) is 16.5 Å². The van der Waals surface area contributed by atoms with Crippen molar-refractivity contribution in [1.29, 1.82) is 0 Å². The first kappa shape index (κ1) is 15.0. The molecule has 1 aliphatic rings. The molecule has 3 heteroatoms. The second-order valence-corrected chi connectivity index (χ2v) is 6.78. The minimum Gasteiger partial charge on any atom is -0.324 e. The number of benzene rings is 2. The third kappa shape index (κ3) is 2.95. The zero-order valence-electron chi connectivity index (χ0n) is 13.5. The number of allylic oxidation sites excluding steroid dienone is 4. The third-order valence-electron chi connectivity index (χ3n) is 4.19. The van der Waals surface area contributed by atoms with Gasteiger partial charge in [-0.1, -0.05) is 48.1 Å². The lowest BCUT2D eigenvalue weighted by molar-refractivity contribution is 1.38. The molecule has 0 fully saturated rings. The van der Waals surface area contributed by atoms with E-state index in [0.717, 1.165) is 17.6 Å². The zero-order valence-corrected chi connectivity index (χ0v) is 14.3. The molecule has 0 bridgehead atoms. The molecule has 0 unspecified atom stereocenters. The van der Waals surface area contributed by atoms with Crippen LogP contribution in [0, 0.1) is 6.92 Å². The second-order valence-electron chi connectivity index (χ2n) is 5.90. The maximum absolute atomic E-state index is 4.62. The smallest absolute Gasteiger partial charge is 0.0947 e. The lowest BCUT2D eigenvalue weighted by Crippen LogP contribution is -1.93. The van der Waals surface area contributed by atoms with Crippen molar-refractivity contribution in [3.63, 3.8) is 0 Å². The fraction of sp³-hybridized carbons (Fsp3) is 0.0952. The average molecular weight is 330 g/mol. The van der Waals surface area contributed by atoms with Crippen LogP contribution in [0.3, 0.4) is 0 Å². The molecule has 2 aromatic carbocycles. The summed E-state index contributed by atoms with van der Waals surface area (Å²) in [5.74, 6) is 0. The summed E-state index contributed by atoms with van der Waals surface area (Å²) >= 11 is 1.62. The number of pyridine rings is 1. The molecule has 1 aromatic heterocycles. The summed E-state index contributed by atoms with van der Waals surface area (Å²) in [7, 11) is 0. The Morgan fingerprint density at radius 1 is 1.04 bits per heavy atom. The van der Waals surface area contributed by atoms with Crippen LogP contribution < -0.4 is 4.72 Å². The number of rotatable bonds is 4. The molecule has 0 spiro atoms. The van der Waals surface area contributed by atoms with Crippen molar-refractivity contribution in [3.8, 4) is 0 Å². The van der Waals surface area contributed by atoms with E-state index in [4.69, 9.17) is 0 Å². The molecule has 1 heterocycles. The van der Waals surface area contributed by atoms with Crippen molar-refractivity contribution in [2.24, 2.45) is 0 Å². The van der Waals surface area contributed by atoms with Crippen LogP contribution >= 0.6 is 11.9 Å². The predicted molar refractivity (Wildman–Crippen MR) is 104 cm³/mol. The molecule has 118 valence electrons. The molecule has 24 heavy (non-hydrogen) atoms. The second kappa shape index (κ2) is 6.54. The van der Waals surface area contributed by atoms with E-state index in [1.54, 1.807) is 11.9 Å². The van der Waals surface area contributed by atoms with Crippen molar-refractivity contribution in [2.75, 3.05) is 4.72 Å². The third-order valence-corrected chi connectivity index (χ3v) is 5.02. The van der Waals surface area contributed by atoms with Gasteiger partial charge in [-0.25, -0.2) is 0 Å². The molecule has 0 atom stereocenters. The van der Waals surface area contributed by atoms with Crippen molar-refractivity contribution < 1.29 is 0 Å². The van der Waals surface area contributed by atoms with Crippen molar-refractivity contribution >= 4 is 34.1 Å². The summed E-state index contributed by atoms with van der Waals surface area (Å²) in [6.45, 7) is 2.10. The number of hydrogen-bond donors (Lipinski definition) is 1. The van der Waals surface area contributed by atoms with Gasteiger partial charge in [0.1, 0.15) is 0 Å². The molecule has 3 aromatic rings. The number of nitrogens with one attached hydrogen (secondary N) is 1. The van der Waals surface area contributed by atoms with E-state index < -0.39 is 0 Å². The summed E-state index contributed by atoms with van der Waals surface area (Å²) in [6, 6.07) is 17.0. The normalized spacial score (nSPS) is 13.3. The minimum atomic E-state index is 0.995. The Hall–Kier alpha value is -2.52. The Kier molecular flexibility index (Phi) is 4.09. The first-order chi connectivity index (χ1) is 11.8. The summed E-state index contributed by atoms with van der Waals surface area (Å²) in [6.07, 6.45) is 9.35. The van der Waals surface area contributed by atoms with Gasteiger partial charge in [-0.15, -0.1) is 0 Å². The predicted octanol–water partition coefficient (Wildman–Crippen LogP) is 6.01. The van der Waals surface area contributed by atoms with Gasteiger partial charge in [0.15, 0.2) is 0 Å². The van der Waals surface area contributed by atoms with E-state index in [0.29, 0.717) is 0 Å². The fourth-order valence-corrected chi connectivity index (χ4v) is 3.57. The first-order valence-electron chi connectivity index (χ1n) is 8.04. The minimum absolute atomic E-state index is 0.995. The van der Waals surface area contributed by atoms with Crippen LogP contribution in [0.4, 0.5) is 5.69 Å². The van der Waals surface area contributed by atoms with Crippen molar-refractivity contribution in [1.82, 2.24) is 4.98 Å². The van der Waals surface area contributed by atoms with Crippen LogP contribution in [-0.4, -0.2) is 4.98 Å². The van der Waals surface area contributed by atoms with Crippen molar-refractivity contribution in [3.05, 3.63) is 84.1 Å². The summed E-state index contributed by atoms with van der Waals surface area (Å²) in [5, 5.41) is 1.20. The van der Waals surface area contributed by atoms with Crippen molar-refractivity contribution in [2.45, 2.75) is 18.2 Å². The summed E-state index contributed by atoms with van der Waals surface area (Å²) in [4.78, 5) is 5.81. The average Bonchev–Trinajstić information content (AvgIpc) is 3.15.